The number of hydrogen-bond donors (Lipinski definition) is 1. The number of carbonyl (C=O) groups excluding carboxylic acids is 1. The molecule has 2 unspecified atom stereocenters. The molecule has 1 aromatic heterocycles. The normalized spacial score (nSPS) is 19.6. The van der Waals surface area contributed by atoms with E-state index in [9.17, 15) is 14.7 Å². The molecule has 150 valence electrons. The Hall–Kier alpha value is -3.15. The van der Waals surface area contributed by atoms with Crippen LogP contribution in [-0.2, 0) is 0 Å². The number of carboxylic acid groups (broad SMARTS) is 1. The molecule has 0 aliphatic carbocycles. The van der Waals surface area contributed by atoms with Crippen LogP contribution in [0.1, 0.15) is 48.9 Å². The van der Waals surface area contributed by atoms with E-state index in [1.807, 2.05) is 30.3 Å². The molecule has 0 radical (unpaired) electrons. The Morgan fingerprint density at radius 3 is 2.59 bits per heavy atom. The summed E-state index contributed by atoms with van der Waals surface area (Å²) in [5.74, 6) is 1.03. The minimum absolute atomic E-state index is 0.0341. The summed E-state index contributed by atoms with van der Waals surface area (Å²) < 4.78 is 6.04. The van der Waals surface area contributed by atoms with E-state index in [1.165, 1.54) is 0 Å². The van der Waals surface area contributed by atoms with E-state index in [0.29, 0.717) is 24.4 Å². The van der Waals surface area contributed by atoms with Crippen molar-refractivity contribution in [3.05, 3.63) is 53.9 Å². The van der Waals surface area contributed by atoms with Gasteiger partial charge in [-0.3, -0.25) is 4.79 Å². The maximum atomic E-state index is 11.5. The molecule has 1 N–H and O–H groups in total. The van der Waals surface area contributed by atoms with E-state index in [0.717, 1.165) is 34.9 Å². The molecule has 0 bridgehead atoms. The van der Waals surface area contributed by atoms with E-state index in [1.54, 1.807) is 17.0 Å². The average Bonchev–Trinajstić information content (AvgIpc) is 3.16. The lowest BCUT2D eigenvalue weighted by atomic mass is 9.85. The zero-order valence-corrected chi connectivity index (χ0v) is 16.5. The lowest BCUT2D eigenvalue weighted by Gasteiger charge is -2.39. The molecule has 6 heteroatoms. The van der Waals surface area contributed by atoms with E-state index in [2.05, 4.69) is 13.8 Å². The van der Waals surface area contributed by atoms with Crippen molar-refractivity contribution in [1.29, 1.82) is 0 Å². The van der Waals surface area contributed by atoms with Crippen LogP contribution in [0.15, 0.2) is 46.9 Å². The Kier molecular flexibility index (Phi) is 5.09. The fourth-order valence-electron chi connectivity index (χ4n) is 4.14. The van der Waals surface area contributed by atoms with E-state index in [4.69, 9.17) is 9.40 Å². The number of oxazole rings is 1. The van der Waals surface area contributed by atoms with Gasteiger partial charge >= 0.3 is 6.09 Å². The maximum Gasteiger partial charge on any atom is 0.407 e. The van der Waals surface area contributed by atoms with Gasteiger partial charge in [-0.2, -0.15) is 0 Å². The summed E-state index contributed by atoms with van der Waals surface area (Å²) >= 11 is 0. The largest absolute Gasteiger partial charge is 0.465 e. The molecule has 1 aliphatic heterocycles. The standard InChI is InChI=1S/C23H24N2O4/c1-14(2)20-12-18(9-10-25(20)23(27)28)22-24-19-11-17(7-8-21(19)29-22)16-5-3-15(13-26)4-6-16/h3-8,11,13-14,18,20H,9-10,12H2,1-2H3,(H,27,28). The third-order valence-corrected chi connectivity index (χ3v) is 5.79. The molecular weight excluding hydrogens is 368 g/mol. The minimum atomic E-state index is -0.857. The van der Waals surface area contributed by atoms with Crippen molar-refractivity contribution in [2.24, 2.45) is 5.92 Å². The van der Waals surface area contributed by atoms with Crippen LogP contribution in [0, 0.1) is 5.92 Å². The van der Waals surface area contributed by atoms with Gasteiger partial charge < -0.3 is 14.4 Å². The highest BCUT2D eigenvalue weighted by atomic mass is 16.4. The van der Waals surface area contributed by atoms with Crippen LogP contribution in [0.25, 0.3) is 22.2 Å². The summed E-state index contributed by atoms with van der Waals surface area (Å²) in [5, 5.41) is 9.47. The highest BCUT2D eigenvalue weighted by molar-refractivity contribution is 5.82. The zero-order chi connectivity index (χ0) is 20.5. The van der Waals surface area contributed by atoms with Crippen LogP contribution in [0.3, 0.4) is 0 Å². The first-order chi connectivity index (χ1) is 14.0. The van der Waals surface area contributed by atoms with Crippen LogP contribution in [0.2, 0.25) is 0 Å². The van der Waals surface area contributed by atoms with Gasteiger partial charge in [0.25, 0.3) is 0 Å². The lowest BCUT2D eigenvalue weighted by molar-refractivity contribution is 0.0794. The van der Waals surface area contributed by atoms with E-state index in [-0.39, 0.29) is 17.9 Å². The summed E-state index contributed by atoms with van der Waals surface area (Å²) in [6, 6.07) is 13.3. The van der Waals surface area contributed by atoms with Gasteiger partial charge in [-0.05, 0) is 42.0 Å². The number of amides is 1. The summed E-state index contributed by atoms with van der Waals surface area (Å²) in [7, 11) is 0. The number of carbonyl (C=O) groups is 2. The Balaban J connectivity index is 1.60. The average molecular weight is 392 g/mol. The number of aldehydes is 1. The van der Waals surface area contributed by atoms with Crippen LogP contribution in [0.4, 0.5) is 4.79 Å². The van der Waals surface area contributed by atoms with Gasteiger partial charge in [0.1, 0.15) is 11.8 Å². The predicted octanol–water partition coefficient (Wildman–Crippen LogP) is 5.19. The first kappa shape index (κ1) is 19.2. The van der Waals surface area contributed by atoms with Crippen LogP contribution < -0.4 is 0 Å². The number of nitrogens with zero attached hydrogens (tertiary/aromatic N) is 2. The predicted molar refractivity (Wildman–Crippen MR) is 110 cm³/mol. The number of piperidine rings is 1. The molecule has 29 heavy (non-hydrogen) atoms. The van der Waals surface area contributed by atoms with Crippen molar-refractivity contribution < 1.29 is 19.1 Å². The number of hydrogen-bond acceptors (Lipinski definition) is 4. The Morgan fingerprint density at radius 2 is 1.93 bits per heavy atom. The van der Waals surface area contributed by atoms with E-state index >= 15 is 0 Å². The SMILES string of the molecule is CC(C)C1CC(c2nc3cc(-c4ccc(C=O)cc4)ccc3o2)CCN1C(=O)O. The second-order valence-electron chi connectivity index (χ2n) is 7.98. The smallest absolute Gasteiger partial charge is 0.407 e. The third kappa shape index (κ3) is 3.75. The van der Waals surface area contributed by atoms with Gasteiger partial charge in [0.05, 0.1) is 0 Å². The quantitative estimate of drug-likeness (QED) is 0.618. The maximum absolute atomic E-state index is 11.5. The Morgan fingerprint density at radius 1 is 1.21 bits per heavy atom. The van der Waals surface area contributed by atoms with E-state index < -0.39 is 6.09 Å². The lowest BCUT2D eigenvalue weighted by Crippen LogP contribution is -2.47. The number of aromatic nitrogens is 1. The number of likely N-dealkylation sites (tertiary alicyclic amines) is 1. The highest BCUT2D eigenvalue weighted by Gasteiger charge is 2.35. The molecule has 4 rings (SSSR count). The summed E-state index contributed by atoms with van der Waals surface area (Å²) in [6.45, 7) is 4.60. The summed E-state index contributed by atoms with van der Waals surface area (Å²) in [5.41, 5.74) is 4.19. The fraction of sp³-hybridized carbons (Fsp3) is 0.348. The molecule has 6 nitrogen and oxygen atoms in total. The second kappa shape index (κ2) is 7.70. The van der Waals surface area contributed by atoms with Gasteiger partial charge in [0.2, 0.25) is 0 Å². The second-order valence-corrected chi connectivity index (χ2v) is 7.98. The van der Waals surface area contributed by atoms with Crippen molar-refractivity contribution in [2.75, 3.05) is 6.54 Å². The Bertz CT molecular complexity index is 1040. The van der Waals surface area contributed by atoms with Crippen molar-refractivity contribution in [3.63, 3.8) is 0 Å². The van der Waals surface area contributed by atoms with Gasteiger partial charge in [0, 0.05) is 24.1 Å². The fourth-order valence-corrected chi connectivity index (χ4v) is 4.14. The molecule has 3 aromatic rings. The van der Waals surface area contributed by atoms with Gasteiger partial charge in [-0.1, -0.05) is 44.2 Å². The molecule has 1 fully saturated rings. The molecule has 2 atom stereocenters. The first-order valence-corrected chi connectivity index (χ1v) is 9.92. The molecule has 1 saturated heterocycles. The molecule has 0 saturated carbocycles. The minimum Gasteiger partial charge on any atom is -0.465 e. The highest BCUT2D eigenvalue weighted by Crippen LogP contribution is 2.36. The van der Waals surface area contributed by atoms with Gasteiger partial charge in [-0.25, -0.2) is 9.78 Å². The van der Waals surface area contributed by atoms with Crippen LogP contribution >= 0.6 is 0 Å². The van der Waals surface area contributed by atoms with Crippen molar-refractivity contribution in [2.45, 2.75) is 38.6 Å². The molecule has 1 aliphatic rings. The van der Waals surface area contributed by atoms with Crippen LogP contribution in [-0.4, -0.2) is 40.0 Å². The van der Waals surface area contributed by atoms with Gasteiger partial charge in [-0.15, -0.1) is 0 Å². The molecule has 0 spiro atoms. The molecule has 2 aromatic carbocycles. The molecule has 1 amide bonds. The summed E-state index contributed by atoms with van der Waals surface area (Å²) in [6.07, 6.45) is 1.40. The molecular formula is C23H24N2O4. The van der Waals surface area contributed by atoms with Crippen molar-refractivity contribution >= 4 is 23.5 Å². The first-order valence-electron chi connectivity index (χ1n) is 9.92. The number of fused-ring (bicyclic) bond motifs is 1. The number of rotatable bonds is 4. The number of benzene rings is 2. The third-order valence-electron chi connectivity index (χ3n) is 5.79. The summed E-state index contributed by atoms with van der Waals surface area (Å²) in [4.78, 5) is 28.7. The molecule has 2 heterocycles. The topological polar surface area (TPSA) is 83.6 Å². The zero-order valence-electron chi connectivity index (χ0n) is 16.5. The van der Waals surface area contributed by atoms with Crippen molar-refractivity contribution in [3.8, 4) is 11.1 Å². The van der Waals surface area contributed by atoms with Gasteiger partial charge in [0.15, 0.2) is 11.5 Å². The monoisotopic (exact) mass is 392 g/mol. The Labute approximate surface area is 169 Å². The van der Waals surface area contributed by atoms with Crippen LogP contribution in [0.5, 0.6) is 0 Å². The van der Waals surface area contributed by atoms with Crippen molar-refractivity contribution in [1.82, 2.24) is 9.88 Å².